The van der Waals surface area contributed by atoms with Crippen LogP contribution in [0.2, 0.25) is 0 Å². The van der Waals surface area contributed by atoms with Gasteiger partial charge in [0.1, 0.15) is 0 Å². The van der Waals surface area contributed by atoms with E-state index >= 15 is 0 Å². The Balaban J connectivity index is 1.76. The minimum absolute atomic E-state index is 0.537. The van der Waals surface area contributed by atoms with E-state index in [-0.39, 0.29) is 0 Å². The highest BCUT2D eigenvalue weighted by Gasteiger charge is 2.20. The van der Waals surface area contributed by atoms with E-state index in [4.69, 9.17) is 0 Å². The van der Waals surface area contributed by atoms with Crippen molar-refractivity contribution in [3.05, 3.63) is 65.7 Å². The molecule has 19 heavy (non-hydrogen) atoms. The van der Waals surface area contributed by atoms with Gasteiger partial charge in [-0.25, -0.2) is 0 Å². The third kappa shape index (κ3) is 2.79. The van der Waals surface area contributed by atoms with Crippen molar-refractivity contribution in [1.82, 2.24) is 4.90 Å². The molecule has 0 unspecified atom stereocenters. The Morgan fingerprint density at radius 2 is 1.79 bits per heavy atom. The van der Waals surface area contributed by atoms with Gasteiger partial charge >= 0.3 is 0 Å². The summed E-state index contributed by atoms with van der Waals surface area (Å²) in [7, 11) is 2.22. The van der Waals surface area contributed by atoms with Gasteiger partial charge in [0.15, 0.2) is 0 Å². The normalized spacial score (nSPS) is 19.3. The Morgan fingerprint density at radius 1 is 1.05 bits per heavy atom. The number of nitrogens with zero attached hydrogens (tertiary/aromatic N) is 1. The maximum atomic E-state index is 3.58. The van der Waals surface area contributed by atoms with Gasteiger partial charge in [0, 0.05) is 24.8 Å². The molecular weight excluding hydrogens is 232 g/mol. The molecule has 1 aliphatic heterocycles. The zero-order chi connectivity index (χ0) is 13.1. The molecule has 1 aliphatic rings. The first-order chi connectivity index (χ1) is 9.33. The van der Waals surface area contributed by atoms with Crippen molar-refractivity contribution < 1.29 is 0 Å². The number of hydrogen-bond donors (Lipinski definition) is 1. The van der Waals surface area contributed by atoms with Crippen LogP contribution in [0.5, 0.6) is 0 Å². The second-order valence-corrected chi connectivity index (χ2v) is 5.30. The molecule has 0 amide bonds. The highest BCUT2D eigenvalue weighted by Crippen LogP contribution is 2.22. The van der Waals surface area contributed by atoms with Gasteiger partial charge in [0.2, 0.25) is 0 Å². The molecule has 2 heteroatoms. The molecule has 0 bridgehead atoms. The lowest BCUT2D eigenvalue weighted by atomic mass is 10.1. The van der Waals surface area contributed by atoms with E-state index in [1.165, 1.54) is 16.8 Å². The second-order valence-electron chi connectivity index (χ2n) is 5.30. The minimum atomic E-state index is 0.537. The van der Waals surface area contributed by atoms with Gasteiger partial charge in [-0.1, -0.05) is 48.5 Å². The van der Waals surface area contributed by atoms with Gasteiger partial charge in [0.25, 0.3) is 0 Å². The Kier molecular flexibility index (Phi) is 3.51. The van der Waals surface area contributed by atoms with Crippen LogP contribution in [0.25, 0.3) is 0 Å². The Morgan fingerprint density at radius 3 is 2.63 bits per heavy atom. The summed E-state index contributed by atoms with van der Waals surface area (Å²) in [6.07, 6.45) is 1.10. The van der Waals surface area contributed by atoms with Crippen LogP contribution in [0.3, 0.4) is 0 Å². The Bertz CT molecular complexity index is 536. The largest absolute Gasteiger partial charge is 0.383 e. The average Bonchev–Trinajstić information content (AvgIpc) is 2.60. The van der Waals surface area contributed by atoms with E-state index in [1.807, 2.05) is 0 Å². The molecule has 1 N–H and O–H groups in total. The molecule has 3 rings (SSSR count). The van der Waals surface area contributed by atoms with Crippen molar-refractivity contribution in [3.8, 4) is 0 Å². The summed E-state index contributed by atoms with van der Waals surface area (Å²) >= 11 is 0. The molecule has 2 aromatic rings. The summed E-state index contributed by atoms with van der Waals surface area (Å²) in [6, 6.07) is 19.9. The number of fused-ring (bicyclic) bond motifs is 1. The second kappa shape index (κ2) is 5.45. The molecule has 1 heterocycles. The van der Waals surface area contributed by atoms with E-state index in [9.17, 15) is 0 Å². The fraction of sp³-hybridized carbons (Fsp3) is 0.294. The maximum absolute atomic E-state index is 3.58. The van der Waals surface area contributed by atoms with Gasteiger partial charge in [-0.05, 0) is 30.7 Å². The fourth-order valence-electron chi connectivity index (χ4n) is 2.73. The summed E-state index contributed by atoms with van der Waals surface area (Å²) in [6.45, 7) is 2.02. The van der Waals surface area contributed by atoms with E-state index in [1.54, 1.807) is 0 Å². The van der Waals surface area contributed by atoms with Gasteiger partial charge in [-0.15, -0.1) is 0 Å². The first-order valence-corrected chi connectivity index (χ1v) is 6.89. The summed E-state index contributed by atoms with van der Waals surface area (Å²) in [5.74, 6) is 0. The SMILES string of the molecule is CN1Cc2ccccc2NC[C@@H]1Cc1ccccc1. The number of likely N-dealkylation sites (N-methyl/N-ethyl adjacent to an activating group) is 1. The number of rotatable bonds is 2. The van der Waals surface area contributed by atoms with Crippen molar-refractivity contribution in [2.24, 2.45) is 0 Å². The van der Waals surface area contributed by atoms with E-state index < -0.39 is 0 Å². The lowest BCUT2D eigenvalue weighted by molar-refractivity contribution is 0.246. The van der Waals surface area contributed by atoms with Gasteiger partial charge in [-0.3, -0.25) is 4.90 Å². The number of anilines is 1. The summed E-state index contributed by atoms with van der Waals surface area (Å²) in [4.78, 5) is 2.45. The van der Waals surface area contributed by atoms with Crippen LogP contribution in [0, 0.1) is 0 Å². The van der Waals surface area contributed by atoms with Crippen molar-refractivity contribution in [2.75, 3.05) is 18.9 Å². The summed E-state index contributed by atoms with van der Waals surface area (Å²) in [5.41, 5.74) is 4.08. The number of nitrogens with one attached hydrogen (secondary N) is 1. The number of benzene rings is 2. The van der Waals surface area contributed by atoms with Gasteiger partial charge in [-0.2, -0.15) is 0 Å². The number of para-hydroxylation sites is 1. The standard InChI is InChI=1S/C17H20N2/c1-19-13-15-9-5-6-10-17(15)18-12-16(19)11-14-7-3-2-4-8-14/h2-10,16,18H,11-13H2,1H3/t16-/m0/s1. The van der Waals surface area contributed by atoms with Crippen molar-refractivity contribution in [3.63, 3.8) is 0 Å². The predicted molar refractivity (Wildman–Crippen MR) is 80.3 cm³/mol. The Labute approximate surface area is 115 Å². The molecular formula is C17H20N2. The van der Waals surface area contributed by atoms with Crippen molar-refractivity contribution in [2.45, 2.75) is 19.0 Å². The van der Waals surface area contributed by atoms with E-state index in [0.29, 0.717) is 6.04 Å². The third-order valence-corrected chi connectivity index (χ3v) is 3.90. The van der Waals surface area contributed by atoms with E-state index in [2.05, 4.69) is 71.9 Å². The van der Waals surface area contributed by atoms with Crippen LogP contribution < -0.4 is 5.32 Å². The molecule has 2 nitrogen and oxygen atoms in total. The van der Waals surface area contributed by atoms with Gasteiger partial charge < -0.3 is 5.32 Å². The third-order valence-electron chi connectivity index (χ3n) is 3.90. The summed E-state index contributed by atoms with van der Waals surface area (Å²) < 4.78 is 0. The fourth-order valence-corrected chi connectivity index (χ4v) is 2.73. The highest BCUT2D eigenvalue weighted by atomic mass is 15.2. The average molecular weight is 252 g/mol. The van der Waals surface area contributed by atoms with Crippen LogP contribution in [-0.4, -0.2) is 24.5 Å². The van der Waals surface area contributed by atoms with Crippen molar-refractivity contribution in [1.29, 1.82) is 0 Å². The highest BCUT2D eigenvalue weighted by molar-refractivity contribution is 5.52. The summed E-state index contributed by atoms with van der Waals surface area (Å²) in [5, 5.41) is 3.58. The first-order valence-electron chi connectivity index (χ1n) is 6.89. The maximum Gasteiger partial charge on any atom is 0.0386 e. The van der Waals surface area contributed by atoms with E-state index in [0.717, 1.165) is 19.5 Å². The molecule has 0 fully saturated rings. The smallest absolute Gasteiger partial charge is 0.0386 e. The molecule has 0 spiro atoms. The molecule has 0 saturated carbocycles. The van der Waals surface area contributed by atoms with Crippen LogP contribution in [-0.2, 0) is 13.0 Å². The zero-order valence-corrected chi connectivity index (χ0v) is 11.3. The van der Waals surface area contributed by atoms with Crippen LogP contribution in [0.15, 0.2) is 54.6 Å². The topological polar surface area (TPSA) is 15.3 Å². The van der Waals surface area contributed by atoms with Crippen LogP contribution in [0.4, 0.5) is 5.69 Å². The molecule has 0 saturated heterocycles. The number of hydrogen-bond acceptors (Lipinski definition) is 2. The minimum Gasteiger partial charge on any atom is -0.383 e. The molecule has 2 aromatic carbocycles. The lowest BCUT2D eigenvalue weighted by Gasteiger charge is -2.25. The Hall–Kier alpha value is -1.80. The monoisotopic (exact) mass is 252 g/mol. The zero-order valence-electron chi connectivity index (χ0n) is 11.3. The first kappa shape index (κ1) is 12.2. The van der Waals surface area contributed by atoms with Crippen molar-refractivity contribution >= 4 is 5.69 Å². The molecule has 1 atom stereocenters. The van der Waals surface area contributed by atoms with Gasteiger partial charge in [0.05, 0.1) is 0 Å². The lowest BCUT2D eigenvalue weighted by Crippen LogP contribution is -2.36. The molecule has 0 aliphatic carbocycles. The quantitative estimate of drug-likeness (QED) is 0.883. The van der Waals surface area contributed by atoms with Crippen LogP contribution in [0.1, 0.15) is 11.1 Å². The van der Waals surface area contributed by atoms with Crippen LogP contribution >= 0.6 is 0 Å². The molecule has 0 radical (unpaired) electrons. The molecule has 0 aromatic heterocycles. The molecule has 98 valence electrons. The predicted octanol–water partition coefficient (Wildman–Crippen LogP) is 3.16.